The van der Waals surface area contributed by atoms with Crippen molar-refractivity contribution in [2.45, 2.75) is 6.30 Å². The minimum Gasteiger partial charge on any atom is -0.494 e. The van der Waals surface area contributed by atoms with Gasteiger partial charge in [0.15, 0.2) is 5.83 Å². The zero-order valence-electron chi connectivity index (χ0n) is 22.9. The molecule has 0 aliphatic carbocycles. The largest absolute Gasteiger partial charge is 0.494 e. The molecule has 2 aromatic heterocycles. The first-order valence-electron chi connectivity index (χ1n) is 12.4. The summed E-state index contributed by atoms with van der Waals surface area (Å²) in [5.41, 5.74) is 1.66. The quantitative estimate of drug-likeness (QED) is 0.185. The summed E-state index contributed by atoms with van der Waals surface area (Å²) in [7, 11) is 7.11. The van der Waals surface area contributed by atoms with E-state index in [1.165, 1.54) is 37.6 Å². The molecule has 9 nitrogen and oxygen atoms in total. The van der Waals surface area contributed by atoms with Gasteiger partial charge in [-0.3, -0.25) is 9.36 Å². The Kier molecular flexibility index (Phi) is 8.47. The Hall–Kier alpha value is -4.65. The van der Waals surface area contributed by atoms with Crippen molar-refractivity contribution in [3.63, 3.8) is 0 Å². The second-order valence-electron chi connectivity index (χ2n) is 9.44. The van der Waals surface area contributed by atoms with Gasteiger partial charge in [-0.15, -0.1) is 13.2 Å². The molecule has 4 aromatic rings. The van der Waals surface area contributed by atoms with Crippen molar-refractivity contribution in [1.82, 2.24) is 19.4 Å². The molecule has 0 atom stereocenters. The number of amides is 1. The van der Waals surface area contributed by atoms with E-state index in [4.69, 9.17) is 4.74 Å². The lowest BCUT2D eigenvalue weighted by Crippen LogP contribution is -2.29. The predicted molar refractivity (Wildman–Crippen MR) is 151 cm³/mol. The fraction of sp³-hybridized carbons (Fsp3) is 0.250. The maximum atomic E-state index is 13.7. The first kappa shape index (κ1) is 29.3. The van der Waals surface area contributed by atoms with E-state index in [1.807, 2.05) is 30.9 Å². The minimum atomic E-state index is -4.62. The summed E-state index contributed by atoms with van der Waals surface area (Å²) in [6.45, 7) is 4.34. The summed E-state index contributed by atoms with van der Waals surface area (Å²) in [6, 6.07) is 10.9. The average Bonchev–Trinajstić information content (AvgIpc) is 3.32. The Labute approximate surface area is 234 Å². The highest BCUT2D eigenvalue weighted by Crippen LogP contribution is 2.39. The lowest BCUT2D eigenvalue weighted by atomic mass is 10.1. The van der Waals surface area contributed by atoms with Gasteiger partial charge in [-0.2, -0.15) is 0 Å². The van der Waals surface area contributed by atoms with Gasteiger partial charge in [0, 0.05) is 49.5 Å². The van der Waals surface area contributed by atoms with E-state index in [0.29, 0.717) is 35.6 Å². The van der Waals surface area contributed by atoms with E-state index in [1.54, 1.807) is 18.2 Å². The van der Waals surface area contributed by atoms with Gasteiger partial charge in [0.25, 0.3) is 5.91 Å². The smallest absolute Gasteiger partial charge is 0.488 e. The SMILES string of the molecule is C=C(F)C(=O)Nc1cc(Nc2nccc(-c3cn(C(F)(F)F)c4ccccc34)n2)c(OC)cc1N(C)CCN(C)C. The Morgan fingerprint density at radius 2 is 1.83 bits per heavy atom. The minimum absolute atomic E-state index is 0.00593. The van der Waals surface area contributed by atoms with Gasteiger partial charge in [-0.25, -0.2) is 14.4 Å². The molecule has 0 spiro atoms. The number of methoxy groups -OCH3 is 1. The Balaban J connectivity index is 1.74. The highest BCUT2D eigenvalue weighted by Gasteiger charge is 2.33. The zero-order valence-corrected chi connectivity index (χ0v) is 22.9. The zero-order chi connectivity index (χ0) is 29.9. The standard InChI is InChI=1S/C28H29F4N7O2/c1-17(29)26(40)34-21-14-22(25(41-5)15-24(21)38(4)13-12-37(2)3)36-27-33-11-10-20(35-27)19-16-39(28(30,31)32)23-9-7-6-8-18(19)23/h6-11,14-16H,1,12-13H2,2-5H3,(H,34,40)(H,33,35,36). The molecule has 0 aliphatic heterocycles. The number of hydrogen-bond acceptors (Lipinski definition) is 7. The van der Waals surface area contributed by atoms with Gasteiger partial charge in [0.1, 0.15) is 5.75 Å². The molecular weight excluding hydrogens is 542 g/mol. The van der Waals surface area contributed by atoms with Crippen molar-refractivity contribution in [1.29, 1.82) is 0 Å². The van der Waals surface area contributed by atoms with Crippen molar-refractivity contribution in [2.75, 3.05) is 56.9 Å². The molecule has 0 saturated heterocycles. The summed E-state index contributed by atoms with van der Waals surface area (Å²) >= 11 is 0. The lowest BCUT2D eigenvalue weighted by molar-refractivity contribution is -0.200. The van der Waals surface area contributed by atoms with Crippen molar-refractivity contribution < 1.29 is 27.1 Å². The number of likely N-dealkylation sites (N-methyl/N-ethyl adjacent to an activating group) is 2. The number of alkyl halides is 3. The number of anilines is 4. The summed E-state index contributed by atoms with van der Waals surface area (Å²) in [4.78, 5) is 24.7. The molecule has 0 fully saturated rings. The molecule has 0 bridgehead atoms. The maximum absolute atomic E-state index is 13.7. The third-order valence-electron chi connectivity index (χ3n) is 6.27. The molecule has 1 amide bonds. The summed E-state index contributed by atoms with van der Waals surface area (Å²) in [5.74, 6) is -1.75. The maximum Gasteiger partial charge on any atom is 0.488 e. The molecule has 2 N–H and O–H groups in total. The Morgan fingerprint density at radius 3 is 2.49 bits per heavy atom. The van der Waals surface area contributed by atoms with Crippen molar-refractivity contribution in [2.24, 2.45) is 0 Å². The molecule has 2 aromatic carbocycles. The second-order valence-corrected chi connectivity index (χ2v) is 9.44. The topological polar surface area (TPSA) is 87.5 Å². The van der Waals surface area contributed by atoms with Gasteiger partial charge in [-0.1, -0.05) is 24.8 Å². The number of para-hydroxylation sites is 1. The van der Waals surface area contributed by atoms with E-state index in [-0.39, 0.29) is 33.0 Å². The lowest BCUT2D eigenvalue weighted by Gasteiger charge is -2.26. The summed E-state index contributed by atoms with van der Waals surface area (Å²) in [6.07, 6.45) is -2.21. The van der Waals surface area contributed by atoms with E-state index < -0.39 is 18.0 Å². The molecule has 0 radical (unpaired) electrons. The van der Waals surface area contributed by atoms with Gasteiger partial charge in [0.2, 0.25) is 5.95 Å². The molecule has 13 heteroatoms. The number of benzene rings is 2. The number of nitrogens with one attached hydrogen (secondary N) is 2. The Morgan fingerprint density at radius 1 is 1.10 bits per heavy atom. The third kappa shape index (κ3) is 6.57. The van der Waals surface area contributed by atoms with Gasteiger partial charge in [0.05, 0.1) is 35.4 Å². The third-order valence-corrected chi connectivity index (χ3v) is 6.27. The molecule has 41 heavy (non-hydrogen) atoms. The number of aromatic nitrogens is 3. The molecule has 0 aliphatic rings. The first-order chi connectivity index (χ1) is 19.4. The first-order valence-corrected chi connectivity index (χ1v) is 12.4. The number of carbonyl (C=O) groups excluding carboxylic acids is 1. The predicted octanol–water partition coefficient (Wildman–Crippen LogP) is 5.75. The van der Waals surface area contributed by atoms with Crippen LogP contribution in [0, 0.1) is 0 Å². The molecular formula is C28H29F4N7O2. The van der Waals surface area contributed by atoms with Crippen LogP contribution in [0.25, 0.3) is 22.2 Å². The van der Waals surface area contributed by atoms with Crippen LogP contribution in [0.1, 0.15) is 0 Å². The van der Waals surface area contributed by atoms with E-state index in [0.717, 1.165) is 6.20 Å². The van der Waals surface area contributed by atoms with Crippen LogP contribution in [0.2, 0.25) is 0 Å². The van der Waals surface area contributed by atoms with Crippen LogP contribution in [-0.2, 0) is 11.1 Å². The van der Waals surface area contributed by atoms with Crippen LogP contribution in [-0.4, -0.2) is 66.7 Å². The number of fused-ring (bicyclic) bond motifs is 1. The average molecular weight is 572 g/mol. The molecule has 0 unspecified atom stereocenters. The Bertz CT molecular complexity index is 1580. The van der Waals surface area contributed by atoms with Crippen LogP contribution in [0.4, 0.5) is 40.6 Å². The molecule has 2 heterocycles. The van der Waals surface area contributed by atoms with E-state index >= 15 is 0 Å². The fourth-order valence-electron chi connectivity index (χ4n) is 4.20. The van der Waals surface area contributed by atoms with Crippen LogP contribution >= 0.6 is 0 Å². The molecule has 4 rings (SSSR count). The second kappa shape index (κ2) is 11.8. The highest BCUT2D eigenvalue weighted by atomic mass is 19.4. The summed E-state index contributed by atoms with van der Waals surface area (Å²) in [5, 5.41) is 5.89. The fourth-order valence-corrected chi connectivity index (χ4v) is 4.20. The van der Waals surface area contributed by atoms with Crippen molar-refractivity contribution in [3.05, 3.63) is 67.3 Å². The monoisotopic (exact) mass is 571 g/mol. The van der Waals surface area contributed by atoms with Crippen LogP contribution in [0.5, 0.6) is 5.75 Å². The number of nitrogens with zero attached hydrogens (tertiary/aromatic N) is 5. The van der Waals surface area contributed by atoms with Gasteiger partial charge >= 0.3 is 6.30 Å². The van der Waals surface area contributed by atoms with Gasteiger partial charge < -0.3 is 25.2 Å². The van der Waals surface area contributed by atoms with E-state index in [9.17, 15) is 22.4 Å². The van der Waals surface area contributed by atoms with Crippen LogP contribution < -0.4 is 20.3 Å². The van der Waals surface area contributed by atoms with Crippen LogP contribution in [0.15, 0.2) is 67.3 Å². The number of rotatable bonds is 10. The van der Waals surface area contributed by atoms with E-state index in [2.05, 4.69) is 27.2 Å². The summed E-state index contributed by atoms with van der Waals surface area (Å²) < 4.78 is 60.5. The van der Waals surface area contributed by atoms with Crippen molar-refractivity contribution >= 4 is 39.8 Å². The molecule has 0 saturated carbocycles. The highest BCUT2D eigenvalue weighted by molar-refractivity contribution is 6.04. The number of hydrogen-bond donors (Lipinski definition) is 2. The van der Waals surface area contributed by atoms with Crippen LogP contribution in [0.3, 0.4) is 0 Å². The number of ether oxygens (including phenoxy) is 1. The number of carbonyl (C=O) groups is 1. The van der Waals surface area contributed by atoms with Crippen molar-refractivity contribution in [3.8, 4) is 17.0 Å². The normalized spacial score (nSPS) is 11.5. The molecule has 216 valence electrons. The number of halogens is 4. The van der Waals surface area contributed by atoms with Gasteiger partial charge in [-0.05, 0) is 32.3 Å².